The topological polar surface area (TPSA) is 35.5 Å². The van der Waals surface area contributed by atoms with Crippen molar-refractivity contribution < 1.29 is 14.3 Å². The highest BCUT2D eigenvalue weighted by atomic mass is 35.5. The van der Waals surface area contributed by atoms with E-state index in [0.29, 0.717) is 27.6 Å². The lowest BCUT2D eigenvalue weighted by Gasteiger charge is -2.11. The summed E-state index contributed by atoms with van der Waals surface area (Å²) in [5, 5.41) is 0.573. The van der Waals surface area contributed by atoms with Crippen LogP contribution in [-0.2, 0) is 0 Å². The lowest BCUT2D eigenvalue weighted by atomic mass is 9.98. The van der Waals surface area contributed by atoms with Crippen LogP contribution >= 0.6 is 11.6 Å². The van der Waals surface area contributed by atoms with E-state index < -0.39 is 0 Å². The predicted molar refractivity (Wildman–Crippen MR) is 79.2 cm³/mol. The van der Waals surface area contributed by atoms with E-state index in [9.17, 15) is 4.79 Å². The molecule has 0 radical (unpaired) electrons. The van der Waals surface area contributed by atoms with Crippen LogP contribution in [-0.4, -0.2) is 20.0 Å². The molecule has 2 aromatic rings. The molecule has 0 saturated carbocycles. The summed E-state index contributed by atoms with van der Waals surface area (Å²) in [6, 6.07) is 10.4. The summed E-state index contributed by atoms with van der Waals surface area (Å²) in [5.74, 6) is 0.999. The van der Waals surface area contributed by atoms with Gasteiger partial charge in [-0.2, -0.15) is 0 Å². The van der Waals surface area contributed by atoms with E-state index in [1.807, 2.05) is 6.92 Å². The van der Waals surface area contributed by atoms with Crippen LogP contribution in [0, 0.1) is 6.92 Å². The van der Waals surface area contributed by atoms with Crippen LogP contribution in [0.1, 0.15) is 21.5 Å². The molecule has 0 unspecified atom stereocenters. The molecule has 0 aliphatic heterocycles. The first-order valence-corrected chi connectivity index (χ1v) is 6.48. The molecule has 2 rings (SSSR count). The molecule has 0 N–H and O–H groups in total. The molecule has 0 aliphatic carbocycles. The van der Waals surface area contributed by atoms with E-state index in [4.69, 9.17) is 21.1 Å². The molecule has 0 aromatic heterocycles. The first-order valence-electron chi connectivity index (χ1n) is 6.10. The molecule has 4 heteroatoms. The Balaban J connectivity index is 2.50. The van der Waals surface area contributed by atoms with E-state index in [2.05, 4.69) is 0 Å². The largest absolute Gasteiger partial charge is 0.497 e. The average molecular weight is 291 g/mol. The Hall–Kier alpha value is -2.00. The predicted octanol–water partition coefficient (Wildman–Crippen LogP) is 3.90. The maximum atomic E-state index is 12.6. The van der Waals surface area contributed by atoms with Gasteiger partial charge in [0, 0.05) is 16.7 Å². The summed E-state index contributed by atoms with van der Waals surface area (Å²) >= 11 is 6.06. The van der Waals surface area contributed by atoms with Crippen molar-refractivity contribution in [3.05, 3.63) is 58.1 Å². The van der Waals surface area contributed by atoms with Crippen molar-refractivity contribution in [1.29, 1.82) is 0 Å². The first kappa shape index (κ1) is 14.4. The Morgan fingerprint density at radius 3 is 2.45 bits per heavy atom. The van der Waals surface area contributed by atoms with Gasteiger partial charge in [-0.25, -0.2) is 0 Å². The number of carbonyl (C=O) groups is 1. The third-order valence-corrected chi connectivity index (χ3v) is 3.58. The van der Waals surface area contributed by atoms with Gasteiger partial charge in [0.15, 0.2) is 5.78 Å². The van der Waals surface area contributed by atoms with E-state index in [0.717, 1.165) is 5.56 Å². The first-order chi connectivity index (χ1) is 9.58. The molecule has 0 fully saturated rings. The van der Waals surface area contributed by atoms with E-state index in [1.54, 1.807) is 43.5 Å². The molecule has 0 saturated heterocycles. The summed E-state index contributed by atoms with van der Waals surface area (Å²) in [7, 11) is 3.09. The van der Waals surface area contributed by atoms with E-state index in [1.165, 1.54) is 7.11 Å². The van der Waals surface area contributed by atoms with Gasteiger partial charge in [0.25, 0.3) is 0 Å². The molecule has 104 valence electrons. The number of methoxy groups -OCH3 is 2. The molecule has 20 heavy (non-hydrogen) atoms. The fraction of sp³-hybridized carbons (Fsp3) is 0.188. The quantitative estimate of drug-likeness (QED) is 0.801. The van der Waals surface area contributed by atoms with E-state index in [-0.39, 0.29) is 5.78 Å². The van der Waals surface area contributed by atoms with Gasteiger partial charge in [0.2, 0.25) is 0 Å². The maximum absolute atomic E-state index is 12.6. The highest BCUT2D eigenvalue weighted by molar-refractivity contribution is 6.32. The maximum Gasteiger partial charge on any atom is 0.197 e. The van der Waals surface area contributed by atoms with Crippen molar-refractivity contribution in [2.75, 3.05) is 14.2 Å². The summed E-state index contributed by atoms with van der Waals surface area (Å²) in [5.41, 5.74) is 1.82. The van der Waals surface area contributed by atoms with Crippen LogP contribution in [0.2, 0.25) is 5.02 Å². The second-order valence-corrected chi connectivity index (χ2v) is 4.71. The molecular formula is C16H15ClO3. The number of benzene rings is 2. The van der Waals surface area contributed by atoms with Crippen molar-refractivity contribution in [3.63, 3.8) is 0 Å². The lowest BCUT2D eigenvalue weighted by Crippen LogP contribution is -2.06. The number of hydrogen-bond donors (Lipinski definition) is 0. The third-order valence-electron chi connectivity index (χ3n) is 3.17. The van der Waals surface area contributed by atoms with E-state index >= 15 is 0 Å². The molecule has 0 spiro atoms. The van der Waals surface area contributed by atoms with Gasteiger partial charge in [-0.1, -0.05) is 23.7 Å². The number of hydrogen-bond acceptors (Lipinski definition) is 3. The van der Waals surface area contributed by atoms with Crippen molar-refractivity contribution in [3.8, 4) is 11.5 Å². The zero-order valence-electron chi connectivity index (χ0n) is 11.6. The fourth-order valence-corrected chi connectivity index (χ4v) is 2.16. The Morgan fingerprint density at radius 2 is 1.80 bits per heavy atom. The van der Waals surface area contributed by atoms with Crippen molar-refractivity contribution in [1.82, 2.24) is 0 Å². The number of halogens is 1. The minimum Gasteiger partial charge on any atom is -0.497 e. The van der Waals surface area contributed by atoms with Crippen LogP contribution in [0.3, 0.4) is 0 Å². The highest BCUT2D eigenvalue weighted by Gasteiger charge is 2.17. The van der Waals surface area contributed by atoms with Crippen LogP contribution < -0.4 is 9.47 Å². The normalized spacial score (nSPS) is 10.2. The molecule has 2 aromatic carbocycles. The van der Waals surface area contributed by atoms with Gasteiger partial charge in [0.05, 0.1) is 19.8 Å². The van der Waals surface area contributed by atoms with Crippen LogP contribution in [0.15, 0.2) is 36.4 Å². The van der Waals surface area contributed by atoms with Crippen LogP contribution in [0.5, 0.6) is 11.5 Å². The lowest BCUT2D eigenvalue weighted by molar-refractivity contribution is 0.103. The van der Waals surface area contributed by atoms with Gasteiger partial charge in [0.1, 0.15) is 11.5 Å². The standard InChI is InChI=1S/C16H15ClO3/c1-10-12(5-4-6-14(10)17)16(18)13-8-7-11(19-2)9-15(13)20-3/h4-9H,1-3H3. The summed E-state index contributed by atoms with van der Waals surface area (Å²) < 4.78 is 10.4. The number of ether oxygens (including phenoxy) is 2. The third kappa shape index (κ3) is 2.63. The molecule has 0 aliphatic rings. The summed E-state index contributed by atoms with van der Waals surface area (Å²) in [6.45, 7) is 1.82. The number of rotatable bonds is 4. The van der Waals surface area contributed by atoms with Crippen LogP contribution in [0.4, 0.5) is 0 Å². The number of carbonyl (C=O) groups excluding carboxylic acids is 1. The second kappa shape index (κ2) is 5.97. The minimum atomic E-state index is -0.121. The summed E-state index contributed by atoms with van der Waals surface area (Å²) in [6.07, 6.45) is 0. The van der Waals surface area contributed by atoms with Gasteiger partial charge < -0.3 is 9.47 Å². The van der Waals surface area contributed by atoms with Crippen molar-refractivity contribution in [2.45, 2.75) is 6.92 Å². The molecule has 0 bridgehead atoms. The molecule has 0 atom stereocenters. The summed E-state index contributed by atoms with van der Waals surface area (Å²) in [4.78, 5) is 12.6. The monoisotopic (exact) mass is 290 g/mol. The SMILES string of the molecule is COc1ccc(C(=O)c2cccc(Cl)c2C)c(OC)c1. The molecule has 3 nitrogen and oxygen atoms in total. The average Bonchev–Trinajstić information content (AvgIpc) is 2.48. The van der Waals surface area contributed by atoms with Gasteiger partial charge in [-0.3, -0.25) is 4.79 Å². The molecule has 0 amide bonds. The Bertz CT molecular complexity index is 650. The number of ketones is 1. The molecule has 0 heterocycles. The van der Waals surface area contributed by atoms with Gasteiger partial charge in [-0.15, -0.1) is 0 Å². The zero-order valence-corrected chi connectivity index (χ0v) is 12.3. The van der Waals surface area contributed by atoms with Crippen molar-refractivity contribution in [2.24, 2.45) is 0 Å². The Kier molecular flexibility index (Phi) is 4.30. The Labute approximate surface area is 123 Å². The fourth-order valence-electron chi connectivity index (χ4n) is 1.98. The highest BCUT2D eigenvalue weighted by Crippen LogP contribution is 2.29. The van der Waals surface area contributed by atoms with Gasteiger partial charge >= 0.3 is 0 Å². The van der Waals surface area contributed by atoms with Gasteiger partial charge in [-0.05, 0) is 30.7 Å². The smallest absolute Gasteiger partial charge is 0.197 e. The second-order valence-electron chi connectivity index (χ2n) is 4.31. The Morgan fingerprint density at radius 1 is 1.05 bits per heavy atom. The van der Waals surface area contributed by atoms with Crippen molar-refractivity contribution >= 4 is 17.4 Å². The van der Waals surface area contributed by atoms with Crippen LogP contribution in [0.25, 0.3) is 0 Å². The minimum absolute atomic E-state index is 0.121. The zero-order chi connectivity index (χ0) is 14.7. The molecular weight excluding hydrogens is 276 g/mol.